The Morgan fingerprint density at radius 3 is 2.46 bits per heavy atom. The van der Waals surface area contributed by atoms with Gasteiger partial charge < -0.3 is 4.98 Å². The summed E-state index contributed by atoms with van der Waals surface area (Å²) < 4.78 is 41.7. The molecule has 7 heteroatoms. The molecule has 138 valence electrons. The van der Waals surface area contributed by atoms with E-state index in [1.807, 2.05) is 12.1 Å². The molecule has 4 nitrogen and oxygen atoms in total. The lowest BCUT2D eigenvalue weighted by molar-refractivity contribution is -0.136. The van der Waals surface area contributed by atoms with E-state index >= 15 is 0 Å². The number of hydrogen-bond acceptors (Lipinski definition) is 2. The van der Waals surface area contributed by atoms with Crippen LogP contribution >= 0.6 is 0 Å². The van der Waals surface area contributed by atoms with E-state index < -0.39 is 11.7 Å². The van der Waals surface area contributed by atoms with Gasteiger partial charge in [-0.1, -0.05) is 42.5 Å². The summed E-state index contributed by atoms with van der Waals surface area (Å²) in [4.78, 5) is 7.49. The van der Waals surface area contributed by atoms with Gasteiger partial charge in [-0.3, -0.25) is 5.10 Å². The van der Waals surface area contributed by atoms with E-state index in [9.17, 15) is 13.2 Å². The van der Waals surface area contributed by atoms with Crippen LogP contribution in [0.3, 0.4) is 0 Å². The fourth-order valence-electron chi connectivity index (χ4n) is 3.41. The molecule has 0 aliphatic rings. The third-order valence-corrected chi connectivity index (χ3v) is 4.73. The highest BCUT2D eigenvalue weighted by atomic mass is 19.4. The van der Waals surface area contributed by atoms with Gasteiger partial charge in [0.1, 0.15) is 5.69 Å². The number of nitrogens with zero attached hydrogens (tertiary/aromatic N) is 2. The number of hydrogen-bond donors (Lipinski definition) is 2. The molecule has 0 aliphatic carbocycles. The van der Waals surface area contributed by atoms with Gasteiger partial charge in [-0.15, -0.1) is 0 Å². The minimum absolute atomic E-state index is 0.0246. The molecule has 0 fully saturated rings. The van der Waals surface area contributed by atoms with Gasteiger partial charge in [0.15, 0.2) is 5.65 Å². The van der Waals surface area contributed by atoms with Crippen LogP contribution in [-0.4, -0.2) is 20.2 Å². The Bertz CT molecular complexity index is 1300. The molecular formula is C21H13F3N4. The van der Waals surface area contributed by atoms with Crippen molar-refractivity contribution in [2.75, 3.05) is 0 Å². The standard InChI is InChI=1S/C21H13F3N4/c22-21(23,24)15-11-17(14-7-6-12-8-9-25-16(12)10-14)26-20-18(15)19(27-28-20)13-4-2-1-3-5-13/h1-11,25H,(H,26,27,28). The normalized spacial score (nSPS) is 12.1. The summed E-state index contributed by atoms with van der Waals surface area (Å²) in [6.07, 6.45) is -2.76. The van der Waals surface area contributed by atoms with Gasteiger partial charge in [0, 0.05) is 22.8 Å². The molecule has 0 atom stereocenters. The molecule has 28 heavy (non-hydrogen) atoms. The van der Waals surface area contributed by atoms with Crippen molar-refractivity contribution in [1.82, 2.24) is 20.2 Å². The molecule has 0 aliphatic heterocycles. The summed E-state index contributed by atoms with van der Waals surface area (Å²) in [6, 6.07) is 17.2. The van der Waals surface area contributed by atoms with Crippen molar-refractivity contribution >= 4 is 21.9 Å². The Morgan fingerprint density at radius 1 is 0.857 bits per heavy atom. The third-order valence-electron chi connectivity index (χ3n) is 4.73. The zero-order chi connectivity index (χ0) is 19.3. The number of rotatable bonds is 2. The first-order valence-electron chi connectivity index (χ1n) is 8.60. The summed E-state index contributed by atoms with van der Waals surface area (Å²) in [6.45, 7) is 0. The lowest BCUT2D eigenvalue weighted by Gasteiger charge is -2.11. The maximum Gasteiger partial charge on any atom is 0.417 e. The van der Waals surface area contributed by atoms with Gasteiger partial charge in [0.25, 0.3) is 0 Å². The zero-order valence-corrected chi connectivity index (χ0v) is 14.4. The average Bonchev–Trinajstić information content (AvgIpc) is 3.33. The lowest BCUT2D eigenvalue weighted by Crippen LogP contribution is -2.07. The SMILES string of the molecule is FC(F)(F)c1cc(-c2ccc3cc[nH]c3c2)nc2[nH]nc(-c3ccccc3)c12. The van der Waals surface area contributed by atoms with Gasteiger partial charge in [0.05, 0.1) is 16.6 Å². The molecule has 0 radical (unpaired) electrons. The number of nitrogens with one attached hydrogen (secondary N) is 2. The second kappa shape index (κ2) is 5.95. The molecule has 0 unspecified atom stereocenters. The Morgan fingerprint density at radius 2 is 1.68 bits per heavy atom. The van der Waals surface area contributed by atoms with Crippen molar-refractivity contribution in [3.05, 3.63) is 72.4 Å². The molecule has 0 bridgehead atoms. The van der Waals surface area contributed by atoms with Crippen LogP contribution in [0.1, 0.15) is 5.56 Å². The second-order valence-corrected chi connectivity index (χ2v) is 6.49. The molecule has 0 spiro atoms. The summed E-state index contributed by atoms with van der Waals surface area (Å²) in [7, 11) is 0. The Labute approximate surface area is 157 Å². The van der Waals surface area contributed by atoms with Crippen LogP contribution in [0.2, 0.25) is 0 Å². The highest BCUT2D eigenvalue weighted by Gasteiger charge is 2.35. The number of pyridine rings is 1. The average molecular weight is 378 g/mol. The van der Waals surface area contributed by atoms with Crippen LogP contribution in [0.5, 0.6) is 0 Å². The predicted octanol–water partition coefficient (Wildman–Crippen LogP) is 5.79. The quantitative estimate of drug-likeness (QED) is 0.408. The van der Waals surface area contributed by atoms with E-state index in [-0.39, 0.29) is 22.4 Å². The first kappa shape index (κ1) is 16.6. The van der Waals surface area contributed by atoms with E-state index in [1.165, 1.54) is 0 Å². The molecule has 0 saturated heterocycles. The van der Waals surface area contributed by atoms with E-state index in [0.717, 1.165) is 17.0 Å². The van der Waals surface area contributed by atoms with Crippen molar-refractivity contribution in [2.45, 2.75) is 6.18 Å². The van der Waals surface area contributed by atoms with E-state index in [4.69, 9.17) is 0 Å². The number of aromatic nitrogens is 4. The Balaban J connectivity index is 1.77. The highest BCUT2D eigenvalue weighted by Crippen LogP contribution is 2.40. The van der Waals surface area contributed by atoms with Gasteiger partial charge in [0.2, 0.25) is 0 Å². The number of H-pyrrole nitrogens is 2. The minimum atomic E-state index is -4.54. The Hall–Kier alpha value is -3.61. The van der Waals surface area contributed by atoms with Crippen molar-refractivity contribution in [1.29, 1.82) is 0 Å². The molecule has 3 aromatic heterocycles. The van der Waals surface area contributed by atoms with Gasteiger partial charge >= 0.3 is 6.18 Å². The van der Waals surface area contributed by atoms with Crippen LogP contribution in [0.4, 0.5) is 13.2 Å². The molecule has 3 heterocycles. The van der Waals surface area contributed by atoms with Crippen LogP contribution in [0.25, 0.3) is 44.5 Å². The Kier molecular flexibility index (Phi) is 3.52. The third kappa shape index (κ3) is 2.63. The van der Waals surface area contributed by atoms with Crippen molar-refractivity contribution in [2.24, 2.45) is 0 Å². The second-order valence-electron chi connectivity index (χ2n) is 6.49. The topological polar surface area (TPSA) is 57.4 Å². The largest absolute Gasteiger partial charge is 0.417 e. The molecule has 5 rings (SSSR count). The van der Waals surface area contributed by atoms with E-state index in [0.29, 0.717) is 11.1 Å². The minimum Gasteiger partial charge on any atom is -0.361 e. The van der Waals surface area contributed by atoms with E-state index in [1.54, 1.807) is 48.7 Å². The number of benzene rings is 2. The molecular weight excluding hydrogens is 365 g/mol. The van der Waals surface area contributed by atoms with Crippen molar-refractivity contribution in [3.8, 4) is 22.5 Å². The summed E-state index contributed by atoms with van der Waals surface area (Å²) in [5.41, 5.74) is 1.85. The molecule has 2 aromatic carbocycles. The number of fused-ring (bicyclic) bond motifs is 2. The van der Waals surface area contributed by atoms with E-state index in [2.05, 4.69) is 20.2 Å². The first-order valence-corrected chi connectivity index (χ1v) is 8.60. The molecule has 0 saturated carbocycles. The van der Waals surface area contributed by atoms with Crippen LogP contribution in [0.15, 0.2) is 66.9 Å². The zero-order valence-electron chi connectivity index (χ0n) is 14.4. The van der Waals surface area contributed by atoms with Crippen molar-refractivity contribution in [3.63, 3.8) is 0 Å². The maximum atomic E-state index is 13.9. The van der Waals surface area contributed by atoms with Crippen LogP contribution < -0.4 is 0 Å². The summed E-state index contributed by atoms with van der Waals surface area (Å²) >= 11 is 0. The summed E-state index contributed by atoms with van der Waals surface area (Å²) in [5, 5.41) is 7.75. The monoisotopic (exact) mass is 378 g/mol. The van der Waals surface area contributed by atoms with Crippen LogP contribution in [-0.2, 0) is 6.18 Å². The van der Waals surface area contributed by atoms with Gasteiger partial charge in [-0.25, -0.2) is 4.98 Å². The maximum absolute atomic E-state index is 13.9. The predicted molar refractivity (Wildman–Crippen MR) is 102 cm³/mol. The van der Waals surface area contributed by atoms with Crippen LogP contribution in [0, 0.1) is 0 Å². The lowest BCUT2D eigenvalue weighted by atomic mass is 10.0. The molecule has 0 amide bonds. The smallest absolute Gasteiger partial charge is 0.361 e. The number of aromatic amines is 2. The molecule has 5 aromatic rings. The van der Waals surface area contributed by atoms with Gasteiger partial charge in [-0.05, 0) is 23.6 Å². The summed E-state index contributed by atoms with van der Waals surface area (Å²) in [5.74, 6) is 0. The number of halogens is 3. The fraction of sp³-hybridized carbons (Fsp3) is 0.0476. The van der Waals surface area contributed by atoms with Crippen molar-refractivity contribution < 1.29 is 13.2 Å². The highest BCUT2D eigenvalue weighted by molar-refractivity contribution is 5.95. The molecule has 2 N–H and O–H groups in total. The first-order chi connectivity index (χ1) is 13.5. The number of alkyl halides is 3. The fourth-order valence-corrected chi connectivity index (χ4v) is 3.41. The van der Waals surface area contributed by atoms with Gasteiger partial charge in [-0.2, -0.15) is 18.3 Å².